The molecule has 0 unspecified atom stereocenters. The Morgan fingerprint density at radius 1 is 1.26 bits per heavy atom. The molecule has 0 amide bonds. The predicted molar refractivity (Wildman–Crippen MR) is 111 cm³/mol. The molecular formula is C18H27N5O2S2. The molecule has 0 saturated carbocycles. The van der Waals surface area contributed by atoms with Crippen LogP contribution in [0.2, 0.25) is 0 Å². The van der Waals surface area contributed by atoms with Gasteiger partial charge < -0.3 is 10.6 Å². The second-order valence-corrected chi connectivity index (χ2v) is 9.00. The maximum Gasteiger partial charge on any atom is 0.215 e. The maximum atomic E-state index is 11.7. The number of aromatic nitrogens is 1. The van der Waals surface area contributed by atoms with E-state index in [0.717, 1.165) is 47.3 Å². The summed E-state index contributed by atoms with van der Waals surface area (Å²) in [7, 11) is -1.86. The Morgan fingerprint density at radius 3 is 2.70 bits per heavy atom. The summed E-state index contributed by atoms with van der Waals surface area (Å²) in [5.74, 6) is 0.699. The third-order valence-electron chi connectivity index (χ3n) is 3.76. The molecule has 0 saturated heterocycles. The number of nitrogens with zero attached hydrogens (tertiary/aromatic N) is 2. The molecule has 0 bridgehead atoms. The van der Waals surface area contributed by atoms with Crippen molar-refractivity contribution in [2.75, 3.05) is 20.1 Å². The summed E-state index contributed by atoms with van der Waals surface area (Å²) in [6.45, 7) is 6.00. The molecule has 148 valence electrons. The van der Waals surface area contributed by atoms with Crippen LogP contribution in [0.15, 0.2) is 34.6 Å². The van der Waals surface area contributed by atoms with Crippen LogP contribution in [-0.2, 0) is 28.7 Å². The van der Waals surface area contributed by atoms with Crippen LogP contribution in [0, 0.1) is 6.92 Å². The minimum Gasteiger partial charge on any atom is -0.357 e. The molecule has 3 N–H and O–H groups in total. The lowest BCUT2D eigenvalue weighted by Crippen LogP contribution is -2.38. The van der Waals surface area contributed by atoms with Crippen molar-refractivity contribution in [2.45, 2.75) is 32.6 Å². The number of rotatable bonds is 9. The molecule has 2 aromatic rings. The van der Waals surface area contributed by atoms with E-state index in [4.69, 9.17) is 0 Å². The van der Waals surface area contributed by atoms with E-state index < -0.39 is 10.0 Å². The molecule has 2 rings (SSSR count). The van der Waals surface area contributed by atoms with E-state index in [9.17, 15) is 8.42 Å². The van der Waals surface area contributed by atoms with Gasteiger partial charge >= 0.3 is 0 Å². The molecule has 1 heterocycles. The van der Waals surface area contributed by atoms with Crippen LogP contribution in [0.4, 0.5) is 0 Å². The number of benzene rings is 1. The van der Waals surface area contributed by atoms with Gasteiger partial charge in [0.25, 0.3) is 0 Å². The number of hydrogen-bond donors (Lipinski definition) is 3. The molecule has 0 aliphatic rings. The third-order valence-corrected chi connectivity index (χ3v) is 5.92. The highest BCUT2D eigenvalue weighted by Crippen LogP contribution is 2.10. The van der Waals surface area contributed by atoms with Crippen molar-refractivity contribution < 1.29 is 8.42 Å². The summed E-state index contributed by atoms with van der Waals surface area (Å²) in [6.07, 6.45) is 0.839. The molecular weight excluding hydrogens is 382 g/mol. The standard InChI is InChI=1S/C18H27N5O2S2/c1-4-20-18(21-9-8-17-12-26-14(2)23-17)22-11-15-6-5-7-16(10-15)13-27(24,25)19-3/h5-7,10,12,19H,4,8-9,11,13H2,1-3H3,(H2,20,21,22). The first kappa shape index (κ1) is 21.3. The number of sulfonamides is 1. The van der Waals surface area contributed by atoms with Gasteiger partial charge in [0.15, 0.2) is 5.96 Å². The monoisotopic (exact) mass is 409 g/mol. The van der Waals surface area contributed by atoms with Gasteiger partial charge in [-0.15, -0.1) is 11.3 Å². The molecule has 0 fully saturated rings. The fraction of sp³-hybridized carbons (Fsp3) is 0.444. The van der Waals surface area contributed by atoms with E-state index in [1.807, 2.05) is 32.0 Å². The number of nitrogens with one attached hydrogen (secondary N) is 3. The van der Waals surface area contributed by atoms with Gasteiger partial charge in [-0.1, -0.05) is 24.3 Å². The van der Waals surface area contributed by atoms with E-state index in [1.54, 1.807) is 17.4 Å². The van der Waals surface area contributed by atoms with Crippen molar-refractivity contribution in [3.05, 3.63) is 51.5 Å². The van der Waals surface area contributed by atoms with E-state index in [1.165, 1.54) is 7.05 Å². The fourth-order valence-electron chi connectivity index (χ4n) is 2.45. The van der Waals surface area contributed by atoms with Gasteiger partial charge in [0.05, 0.1) is 23.0 Å². The molecule has 0 aliphatic heterocycles. The zero-order valence-corrected chi connectivity index (χ0v) is 17.6. The summed E-state index contributed by atoms with van der Waals surface area (Å²) in [6, 6.07) is 7.48. The Hall–Kier alpha value is -1.97. The first-order valence-electron chi connectivity index (χ1n) is 8.84. The van der Waals surface area contributed by atoms with Crippen molar-refractivity contribution in [1.82, 2.24) is 20.3 Å². The highest BCUT2D eigenvalue weighted by molar-refractivity contribution is 7.88. The molecule has 0 atom stereocenters. The van der Waals surface area contributed by atoms with Crippen molar-refractivity contribution in [1.29, 1.82) is 0 Å². The predicted octanol–water partition coefficient (Wildman–Crippen LogP) is 1.80. The van der Waals surface area contributed by atoms with Crippen LogP contribution in [-0.4, -0.2) is 39.5 Å². The Morgan fingerprint density at radius 2 is 2.04 bits per heavy atom. The topological polar surface area (TPSA) is 95.5 Å². The summed E-state index contributed by atoms with van der Waals surface area (Å²) in [5.41, 5.74) is 2.79. The highest BCUT2D eigenvalue weighted by atomic mass is 32.2. The average Bonchev–Trinajstić information content (AvgIpc) is 3.05. The quantitative estimate of drug-likeness (QED) is 0.434. The van der Waals surface area contributed by atoms with Crippen molar-refractivity contribution in [3.8, 4) is 0 Å². The van der Waals surface area contributed by atoms with Gasteiger partial charge in [0.2, 0.25) is 10.0 Å². The summed E-state index contributed by atoms with van der Waals surface area (Å²) in [4.78, 5) is 9.05. The number of aryl methyl sites for hydroxylation is 1. The Bertz CT molecular complexity index is 862. The average molecular weight is 410 g/mol. The van der Waals surface area contributed by atoms with Gasteiger partial charge in [-0.05, 0) is 32.0 Å². The zero-order chi connectivity index (χ0) is 19.7. The van der Waals surface area contributed by atoms with Crippen molar-refractivity contribution >= 4 is 27.3 Å². The van der Waals surface area contributed by atoms with Crippen LogP contribution in [0.3, 0.4) is 0 Å². The van der Waals surface area contributed by atoms with E-state index >= 15 is 0 Å². The summed E-state index contributed by atoms with van der Waals surface area (Å²) in [5, 5.41) is 9.68. The lowest BCUT2D eigenvalue weighted by molar-refractivity contribution is 0.587. The third kappa shape index (κ3) is 7.66. The normalized spacial score (nSPS) is 12.2. The van der Waals surface area contributed by atoms with Crippen LogP contribution in [0.5, 0.6) is 0 Å². The second-order valence-electron chi connectivity index (χ2n) is 6.01. The molecule has 0 radical (unpaired) electrons. The summed E-state index contributed by atoms with van der Waals surface area (Å²) < 4.78 is 25.7. The van der Waals surface area contributed by atoms with E-state index in [-0.39, 0.29) is 5.75 Å². The molecule has 1 aromatic heterocycles. The number of aliphatic imine (C=N–C) groups is 1. The molecule has 1 aromatic carbocycles. The maximum absolute atomic E-state index is 11.7. The van der Waals surface area contributed by atoms with E-state index in [0.29, 0.717) is 6.54 Å². The number of thiazole rings is 1. The van der Waals surface area contributed by atoms with Gasteiger partial charge in [-0.3, -0.25) is 0 Å². The smallest absolute Gasteiger partial charge is 0.215 e. The first-order chi connectivity index (χ1) is 12.9. The summed E-state index contributed by atoms with van der Waals surface area (Å²) >= 11 is 1.66. The van der Waals surface area contributed by atoms with Crippen LogP contribution < -0.4 is 15.4 Å². The number of guanidine groups is 1. The van der Waals surface area contributed by atoms with E-state index in [2.05, 4.69) is 30.7 Å². The minimum absolute atomic E-state index is 0.0353. The highest BCUT2D eigenvalue weighted by Gasteiger charge is 2.08. The Kier molecular flexibility index (Phi) is 8.21. The largest absolute Gasteiger partial charge is 0.357 e. The number of hydrogen-bond acceptors (Lipinski definition) is 5. The van der Waals surface area contributed by atoms with Crippen LogP contribution in [0.25, 0.3) is 0 Å². The Balaban J connectivity index is 1.95. The SMILES string of the molecule is CCNC(=NCc1cccc(CS(=O)(=O)NC)c1)NCCc1csc(C)n1. The lowest BCUT2D eigenvalue weighted by atomic mass is 10.1. The molecule has 0 aliphatic carbocycles. The van der Waals surface area contributed by atoms with Crippen molar-refractivity contribution in [3.63, 3.8) is 0 Å². The van der Waals surface area contributed by atoms with Crippen molar-refractivity contribution in [2.24, 2.45) is 4.99 Å². The second kappa shape index (κ2) is 10.4. The van der Waals surface area contributed by atoms with Gasteiger partial charge in [-0.2, -0.15) is 0 Å². The first-order valence-corrected chi connectivity index (χ1v) is 11.4. The van der Waals surface area contributed by atoms with Gasteiger partial charge in [0.1, 0.15) is 0 Å². The lowest BCUT2D eigenvalue weighted by Gasteiger charge is -2.11. The molecule has 27 heavy (non-hydrogen) atoms. The Labute approximate surface area is 165 Å². The molecule has 9 heteroatoms. The minimum atomic E-state index is -3.28. The fourth-order valence-corrected chi connectivity index (χ4v) is 3.86. The molecule has 0 spiro atoms. The van der Waals surface area contributed by atoms with Gasteiger partial charge in [-0.25, -0.2) is 23.1 Å². The zero-order valence-electron chi connectivity index (χ0n) is 15.9. The van der Waals surface area contributed by atoms with Crippen LogP contribution in [0.1, 0.15) is 28.8 Å². The van der Waals surface area contributed by atoms with Crippen LogP contribution >= 0.6 is 11.3 Å². The van der Waals surface area contributed by atoms with Gasteiger partial charge in [0, 0.05) is 24.9 Å². The molecule has 7 nitrogen and oxygen atoms in total.